The Kier molecular flexibility index (Phi) is 6.20. The first-order valence-corrected chi connectivity index (χ1v) is 9.44. The van der Waals surface area contributed by atoms with Crippen molar-refractivity contribution in [2.24, 2.45) is 5.73 Å². The number of carbonyl (C=O) groups excluding carboxylic acids is 3. The van der Waals surface area contributed by atoms with Crippen molar-refractivity contribution in [3.05, 3.63) is 82.6 Å². The Balaban J connectivity index is 0.00000256. The number of amides is 1. The fourth-order valence-electron chi connectivity index (χ4n) is 3.70. The minimum atomic E-state index is -0.767. The number of fused-ring (bicyclic) bond motifs is 2. The fraction of sp³-hybridized carbons (Fsp3) is 0.174. The van der Waals surface area contributed by atoms with Gasteiger partial charge in [0.05, 0.1) is 6.04 Å². The Morgan fingerprint density at radius 3 is 2.40 bits per heavy atom. The number of Topliss-reactive ketones (excluding diaryl/α,β-unsaturated/α-hetero) is 2. The van der Waals surface area contributed by atoms with Gasteiger partial charge in [-0.25, -0.2) is 0 Å². The molecule has 0 bridgehead atoms. The van der Waals surface area contributed by atoms with Gasteiger partial charge < -0.3 is 16.0 Å². The quantitative estimate of drug-likeness (QED) is 0.586. The molecule has 1 aromatic heterocycles. The van der Waals surface area contributed by atoms with Crippen LogP contribution in [0.3, 0.4) is 0 Å². The van der Waals surface area contributed by atoms with Crippen molar-refractivity contribution >= 4 is 40.8 Å². The molecule has 1 amide bonds. The third-order valence-electron chi connectivity index (χ3n) is 5.37. The number of nitrogens with two attached hydrogens (primary N) is 1. The number of nitrogens with one attached hydrogen (secondary N) is 2. The van der Waals surface area contributed by atoms with Crippen LogP contribution in [0.1, 0.15) is 33.2 Å². The Bertz CT molecular complexity index is 1180. The molecule has 30 heavy (non-hydrogen) atoms. The number of carbonyl (C=O) groups is 3. The second-order valence-corrected chi connectivity index (χ2v) is 7.20. The molecular weight excluding hydrogens is 402 g/mol. The first-order valence-electron chi connectivity index (χ1n) is 9.44. The van der Waals surface area contributed by atoms with Crippen LogP contribution in [0.2, 0.25) is 0 Å². The molecule has 0 saturated heterocycles. The zero-order valence-corrected chi connectivity index (χ0v) is 17.2. The average Bonchev–Trinajstić information content (AvgIpc) is 3.14. The second-order valence-electron chi connectivity index (χ2n) is 7.20. The minimum absolute atomic E-state index is 0. The highest BCUT2D eigenvalue weighted by Crippen LogP contribution is 2.25. The molecular formula is C23H22ClN3O3. The standard InChI is InChI=1S/C23H21N3O3.ClH/c1-13-18(22(28)17-8-3-2-7-16(17)21(13)27)12-26-23(29)19(24)10-14-11-25-20-9-5-4-6-15(14)20;/h2-9,11,19,25H,10,12,24H2,1H3,(H,26,29);1H/t19-;/m1./s1. The van der Waals surface area contributed by atoms with Gasteiger partial charge in [-0.05, 0) is 25.0 Å². The molecule has 4 rings (SSSR count). The normalized spacial score (nSPS) is 14.3. The van der Waals surface area contributed by atoms with E-state index < -0.39 is 6.04 Å². The van der Waals surface area contributed by atoms with Gasteiger partial charge in [0, 0.05) is 45.9 Å². The van der Waals surface area contributed by atoms with Crippen molar-refractivity contribution < 1.29 is 14.4 Å². The molecule has 0 aliphatic heterocycles. The second kappa shape index (κ2) is 8.65. The van der Waals surface area contributed by atoms with Crippen molar-refractivity contribution in [2.75, 3.05) is 6.54 Å². The van der Waals surface area contributed by atoms with E-state index in [9.17, 15) is 14.4 Å². The molecule has 0 saturated carbocycles. The number of benzene rings is 2. The number of aromatic amines is 1. The number of aromatic nitrogens is 1. The van der Waals surface area contributed by atoms with Crippen molar-refractivity contribution in [3.8, 4) is 0 Å². The van der Waals surface area contributed by atoms with Crippen LogP contribution in [-0.2, 0) is 11.2 Å². The maximum absolute atomic E-state index is 12.8. The highest BCUT2D eigenvalue weighted by atomic mass is 35.5. The van der Waals surface area contributed by atoms with E-state index in [1.165, 1.54) is 0 Å². The summed E-state index contributed by atoms with van der Waals surface area (Å²) >= 11 is 0. The van der Waals surface area contributed by atoms with Crippen LogP contribution >= 0.6 is 12.4 Å². The summed E-state index contributed by atoms with van der Waals surface area (Å²) < 4.78 is 0. The van der Waals surface area contributed by atoms with E-state index >= 15 is 0 Å². The number of ketones is 2. The molecule has 1 atom stereocenters. The Hall–Kier alpha value is -3.22. The number of para-hydroxylation sites is 1. The molecule has 0 radical (unpaired) electrons. The van der Waals surface area contributed by atoms with E-state index in [1.807, 2.05) is 30.5 Å². The molecule has 6 nitrogen and oxygen atoms in total. The summed E-state index contributed by atoms with van der Waals surface area (Å²) in [5, 5.41) is 3.75. The third kappa shape index (κ3) is 3.79. The Morgan fingerprint density at radius 2 is 1.67 bits per heavy atom. The zero-order valence-electron chi connectivity index (χ0n) is 16.4. The molecule has 0 fully saturated rings. The van der Waals surface area contributed by atoms with Gasteiger partial charge in [0.1, 0.15) is 0 Å². The third-order valence-corrected chi connectivity index (χ3v) is 5.37. The molecule has 4 N–H and O–H groups in total. The van der Waals surface area contributed by atoms with Gasteiger partial charge in [-0.15, -0.1) is 12.4 Å². The van der Waals surface area contributed by atoms with Crippen molar-refractivity contribution in [2.45, 2.75) is 19.4 Å². The van der Waals surface area contributed by atoms with Crippen LogP contribution in [0.15, 0.2) is 65.9 Å². The van der Waals surface area contributed by atoms with Gasteiger partial charge in [0.15, 0.2) is 11.6 Å². The first-order chi connectivity index (χ1) is 14.0. The fourth-order valence-corrected chi connectivity index (χ4v) is 3.70. The lowest BCUT2D eigenvalue weighted by Crippen LogP contribution is -2.43. The smallest absolute Gasteiger partial charge is 0.237 e. The highest BCUT2D eigenvalue weighted by molar-refractivity contribution is 6.26. The summed E-state index contributed by atoms with van der Waals surface area (Å²) in [5.74, 6) is -0.787. The zero-order chi connectivity index (χ0) is 20.5. The summed E-state index contributed by atoms with van der Waals surface area (Å²) in [5.41, 5.74) is 9.48. The van der Waals surface area contributed by atoms with Crippen LogP contribution < -0.4 is 11.1 Å². The Morgan fingerprint density at radius 1 is 1.03 bits per heavy atom. The van der Waals surface area contributed by atoms with Gasteiger partial charge in [-0.1, -0.05) is 42.5 Å². The number of H-pyrrole nitrogens is 1. The van der Waals surface area contributed by atoms with Crippen molar-refractivity contribution in [1.82, 2.24) is 10.3 Å². The largest absolute Gasteiger partial charge is 0.361 e. The van der Waals surface area contributed by atoms with E-state index in [2.05, 4.69) is 10.3 Å². The summed E-state index contributed by atoms with van der Waals surface area (Å²) in [7, 11) is 0. The lowest BCUT2D eigenvalue weighted by molar-refractivity contribution is -0.122. The van der Waals surface area contributed by atoms with Crippen LogP contribution in [0.25, 0.3) is 10.9 Å². The molecule has 7 heteroatoms. The molecule has 154 valence electrons. The lowest BCUT2D eigenvalue weighted by atomic mass is 9.84. The summed E-state index contributed by atoms with van der Waals surface area (Å²) in [6.45, 7) is 1.59. The average molecular weight is 424 g/mol. The van der Waals surface area contributed by atoms with Crippen molar-refractivity contribution in [3.63, 3.8) is 0 Å². The molecule has 0 spiro atoms. The Labute approximate surface area is 179 Å². The van der Waals surface area contributed by atoms with Crippen molar-refractivity contribution in [1.29, 1.82) is 0 Å². The molecule has 1 aliphatic carbocycles. The monoisotopic (exact) mass is 423 g/mol. The summed E-state index contributed by atoms with van der Waals surface area (Å²) in [4.78, 5) is 41.0. The van der Waals surface area contributed by atoms with Gasteiger partial charge >= 0.3 is 0 Å². The topological polar surface area (TPSA) is 105 Å². The predicted octanol–water partition coefficient (Wildman–Crippen LogP) is 2.97. The van der Waals surface area contributed by atoms with Crippen LogP contribution in [0.5, 0.6) is 0 Å². The van der Waals surface area contributed by atoms with E-state index in [0.717, 1.165) is 16.5 Å². The molecule has 3 aromatic rings. The van der Waals surface area contributed by atoms with Crippen LogP contribution in [-0.4, -0.2) is 35.0 Å². The minimum Gasteiger partial charge on any atom is -0.361 e. The van der Waals surface area contributed by atoms with Gasteiger partial charge in [0.25, 0.3) is 0 Å². The van der Waals surface area contributed by atoms with E-state index in [1.54, 1.807) is 31.2 Å². The lowest BCUT2D eigenvalue weighted by Gasteiger charge is -2.20. The number of rotatable bonds is 5. The molecule has 0 unspecified atom stereocenters. The maximum Gasteiger partial charge on any atom is 0.237 e. The van der Waals surface area contributed by atoms with E-state index in [4.69, 9.17) is 5.73 Å². The SMILES string of the molecule is CC1=C(CNC(=O)[C@H](N)Cc2c[nH]c3ccccc23)C(=O)c2ccccc2C1=O.Cl. The number of hydrogen-bond acceptors (Lipinski definition) is 4. The molecule has 2 aromatic carbocycles. The number of hydrogen-bond donors (Lipinski definition) is 3. The maximum atomic E-state index is 12.8. The van der Waals surface area contributed by atoms with Gasteiger partial charge in [-0.2, -0.15) is 0 Å². The summed E-state index contributed by atoms with van der Waals surface area (Å²) in [6, 6.07) is 13.8. The van der Waals surface area contributed by atoms with Crippen LogP contribution in [0, 0.1) is 0 Å². The molecule has 1 aliphatic rings. The summed E-state index contributed by atoms with van der Waals surface area (Å²) in [6.07, 6.45) is 2.22. The van der Waals surface area contributed by atoms with E-state index in [-0.39, 0.29) is 36.4 Å². The highest BCUT2D eigenvalue weighted by Gasteiger charge is 2.29. The van der Waals surface area contributed by atoms with Gasteiger partial charge in [0.2, 0.25) is 5.91 Å². The first kappa shape index (κ1) is 21.5. The predicted molar refractivity (Wildman–Crippen MR) is 118 cm³/mol. The molecule has 1 heterocycles. The number of allylic oxidation sites excluding steroid dienone is 1. The number of halogens is 1. The van der Waals surface area contributed by atoms with Crippen LogP contribution in [0.4, 0.5) is 0 Å². The van der Waals surface area contributed by atoms with Gasteiger partial charge in [-0.3, -0.25) is 14.4 Å². The van der Waals surface area contributed by atoms with E-state index in [0.29, 0.717) is 28.7 Å².